The smallest absolute Gasteiger partial charge is 0.247 e. The summed E-state index contributed by atoms with van der Waals surface area (Å²) in [5, 5.41) is 20.5. The zero-order chi connectivity index (χ0) is 17.8. The average Bonchev–Trinajstić information content (AvgIpc) is 3.05. The van der Waals surface area contributed by atoms with Gasteiger partial charge < -0.3 is 14.8 Å². The lowest BCUT2D eigenvalue weighted by atomic mass is 10.1. The van der Waals surface area contributed by atoms with Crippen LogP contribution in [0.25, 0.3) is 11.5 Å². The second-order valence-electron chi connectivity index (χ2n) is 5.94. The molecule has 0 aliphatic carbocycles. The van der Waals surface area contributed by atoms with Crippen LogP contribution >= 0.6 is 0 Å². The normalized spacial score (nSPS) is 10.6. The van der Waals surface area contributed by atoms with E-state index < -0.39 is 0 Å². The molecule has 6 nitrogen and oxygen atoms in total. The molecule has 2 N–H and O–H groups in total. The Morgan fingerprint density at radius 1 is 1.08 bits per heavy atom. The second-order valence-corrected chi connectivity index (χ2v) is 5.94. The monoisotopic (exact) mass is 337 g/mol. The molecule has 0 radical (unpaired) electrons. The molecule has 1 heterocycles. The minimum Gasteiger partial charge on any atom is -0.506 e. The lowest BCUT2D eigenvalue weighted by Gasteiger charge is -2.07. The maximum Gasteiger partial charge on any atom is 0.247 e. The van der Waals surface area contributed by atoms with Gasteiger partial charge in [0.1, 0.15) is 5.75 Å². The maximum absolute atomic E-state index is 12.0. The standard InChI is InChI=1S/C19H19N3O3/c1-12-3-6-14(7-4-12)19-22-21-18(25-19)10-9-17(24)20-15-8-5-13(2)11-16(15)23/h3-8,11,23H,9-10H2,1-2H3,(H,20,24). The highest BCUT2D eigenvalue weighted by Crippen LogP contribution is 2.24. The number of amides is 1. The highest BCUT2D eigenvalue weighted by atomic mass is 16.4. The summed E-state index contributed by atoms with van der Waals surface area (Å²) in [5.41, 5.74) is 3.31. The van der Waals surface area contributed by atoms with Crippen molar-refractivity contribution in [1.29, 1.82) is 0 Å². The summed E-state index contributed by atoms with van der Waals surface area (Å²) in [6, 6.07) is 12.9. The first-order valence-electron chi connectivity index (χ1n) is 8.00. The fourth-order valence-corrected chi connectivity index (χ4v) is 2.35. The third-order valence-electron chi connectivity index (χ3n) is 3.76. The molecule has 1 aromatic heterocycles. The van der Waals surface area contributed by atoms with Gasteiger partial charge in [0.15, 0.2) is 0 Å². The van der Waals surface area contributed by atoms with Gasteiger partial charge >= 0.3 is 0 Å². The first-order valence-corrected chi connectivity index (χ1v) is 8.00. The van der Waals surface area contributed by atoms with Crippen LogP contribution in [0.2, 0.25) is 0 Å². The lowest BCUT2D eigenvalue weighted by molar-refractivity contribution is -0.116. The van der Waals surface area contributed by atoms with Gasteiger partial charge in [0.25, 0.3) is 0 Å². The Balaban J connectivity index is 1.58. The van der Waals surface area contributed by atoms with Gasteiger partial charge in [-0.1, -0.05) is 23.8 Å². The van der Waals surface area contributed by atoms with E-state index in [1.54, 1.807) is 12.1 Å². The van der Waals surface area contributed by atoms with Crippen molar-refractivity contribution in [3.63, 3.8) is 0 Å². The van der Waals surface area contributed by atoms with E-state index in [-0.39, 0.29) is 18.1 Å². The first-order chi connectivity index (χ1) is 12.0. The van der Waals surface area contributed by atoms with Crippen LogP contribution in [0.15, 0.2) is 46.9 Å². The zero-order valence-corrected chi connectivity index (χ0v) is 14.1. The van der Waals surface area contributed by atoms with Crippen LogP contribution in [0, 0.1) is 13.8 Å². The highest BCUT2D eigenvalue weighted by Gasteiger charge is 2.12. The molecule has 2 aromatic carbocycles. The van der Waals surface area contributed by atoms with Crippen molar-refractivity contribution in [3.05, 3.63) is 59.5 Å². The van der Waals surface area contributed by atoms with Crippen molar-refractivity contribution < 1.29 is 14.3 Å². The summed E-state index contributed by atoms with van der Waals surface area (Å²) in [6.45, 7) is 3.88. The number of nitrogens with zero attached hydrogens (tertiary/aromatic N) is 2. The predicted molar refractivity (Wildman–Crippen MR) is 94.3 cm³/mol. The third kappa shape index (κ3) is 4.23. The van der Waals surface area contributed by atoms with E-state index >= 15 is 0 Å². The zero-order valence-electron chi connectivity index (χ0n) is 14.1. The number of hydrogen-bond acceptors (Lipinski definition) is 5. The number of nitrogens with one attached hydrogen (secondary N) is 1. The number of benzene rings is 2. The number of phenolic OH excluding ortho intramolecular Hbond substituents is 1. The molecule has 0 spiro atoms. The van der Waals surface area contributed by atoms with Crippen molar-refractivity contribution in [3.8, 4) is 17.2 Å². The number of aryl methyl sites for hydroxylation is 3. The molecule has 0 saturated heterocycles. The Morgan fingerprint density at radius 2 is 1.80 bits per heavy atom. The van der Waals surface area contributed by atoms with Crippen LogP contribution in [0.4, 0.5) is 5.69 Å². The number of rotatable bonds is 5. The summed E-state index contributed by atoms with van der Waals surface area (Å²) < 4.78 is 5.60. The minimum atomic E-state index is -0.228. The van der Waals surface area contributed by atoms with Crippen molar-refractivity contribution in [2.75, 3.05) is 5.32 Å². The Bertz CT molecular complexity index is 885. The van der Waals surface area contributed by atoms with E-state index in [1.165, 1.54) is 0 Å². The van der Waals surface area contributed by atoms with Gasteiger partial charge in [0, 0.05) is 18.4 Å². The van der Waals surface area contributed by atoms with Gasteiger partial charge in [-0.05, 0) is 43.7 Å². The van der Waals surface area contributed by atoms with Crippen molar-refractivity contribution in [1.82, 2.24) is 10.2 Å². The number of carbonyl (C=O) groups excluding carboxylic acids is 1. The number of aromatic hydroxyl groups is 1. The van der Waals surface area contributed by atoms with Gasteiger partial charge in [-0.25, -0.2) is 0 Å². The third-order valence-corrected chi connectivity index (χ3v) is 3.76. The van der Waals surface area contributed by atoms with E-state index in [0.717, 1.165) is 16.7 Å². The Morgan fingerprint density at radius 3 is 2.52 bits per heavy atom. The molecule has 0 aliphatic rings. The summed E-state index contributed by atoms with van der Waals surface area (Å²) >= 11 is 0. The van der Waals surface area contributed by atoms with Crippen LogP contribution in [-0.2, 0) is 11.2 Å². The largest absolute Gasteiger partial charge is 0.506 e. The van der Waals surface area contributed by atoms with Crippen LogP contribution in [0.3, 0.4) is 0 Å². The van der Waals surface area contributed by atoms with Crippen molar-refractivity contribution >= 4 is 11.6 Å². The Kier molecular flexibility index (Phi) is 4.79. The average molecular weight is 337 g/mol. The van der Waals surface area contributed by atoms with E-state index in [4.69, 9.17) is 4.42 Å². The second kappa shape index (κ2) is 7.17. The molecular weight excluding hydrogens is 318 g/mol. The molecule has 25 heavy (non-hydrogen) atoms. The fraction of sp³-hybridized carbons (Fsp3) is 0.211. The van der Waals surface area contributed by atoms with E-state index in [0.29, 0.717) is 23.9 Å². The van der Waals surface area contributed by atoms with E-state index in [9.17, 15) is 9.90 Å². The maximum atomic E-state index is 12.0. The molecule has 0 atom stereocenters. The van der Waals surface area contributed by atoms with Crippen molar-refractivity contribution in [2.45, 2.75) is 26.7 Å². The first kappa shape index (κ1) is 16.7. The summed E-state index contributed by atoms with van der Waals surface area (Å²) in [4.78, 5) is 12.0. The van der Waals surface area contributed by atoms with Gasteiger partial charge in [0.05, 0.1) is 5.69 Å². The van der Waals surface area contributed by atoms with E-state index in [2.05, 4.69) is 15.5 Å². The van der Waals surface area contributed by atoms with Gasteiger partial charge in [-0.3, -0.25) is 4.79 Å². The molecular formula is C19H19N3O3. The van der Waals surface area contributed by atoms with Crippen LogP contribution < -0.4 is 5.32 Å². The van der Waals surface area contributed by atoms with Crippen LogP contribution in [0.5, 0.6) is 5.75 Å². The summed E-state index contributed by atoms with van der Waals surface area (Å²) in [6.07, 6.45) is 0.514. The number of phenols is 1. The molecule has 0 aliphatic heterocycles. The van der Waals surface area contributed by atoms with Gasteiger partial charge in [-0.2, -0.15) is 0 Å². The topological polar surface area (TPSA) is 88.2 Å². The molecule has 1 amide bonds. The Hall–Kier alpha value is -3.15. The molecule has 3 rings (SSSR count). The highest BCUT2D eigenvalue weighted by molar-refractivity contribution is 5.92. The van der Waals surface area contributed by atoms with Crippen molar-refractivity contribution in [2.24, 2.45) is 0 Å². The van der Waals surface area contributed by atoms with Crippen LogP contribution in [-0.4, -0.2) is 21.2 Å². The molecule has 3 aromatic rings. The quantitative estimate of drug-likeness (QED) is 0.694. The molecule has 0 bridgehead atoms. The number of anilines is 1. The van der Waals surface area contributed by atoms with Crippen LogP contribution in [0.1, 0.15) is 23.4 Å². The number of aromatic nitrogens is 2. The molecule has 0 unspecified atom stereocenters. The molecule has 0 fully saturated rings. The lowest BCUT2D eigenvalue weighted by Crippen LogP contribution is -2.12. The SMILES string of the molecule is Cc1ccc(-c2nnc(CCC(=O)Nc3ccc(C)cc3O)o2)cc1. The van der Waals surface area contributed by atoms with Gasteiger partial charge in [0.2, 0.25) is 17.7 Å². The van der Waals surface area contributed by atoms with E-state index in [1.807, 2.05) is 44.2 Å². The Labute approximate surface area is 145 Å². The predicted octanol–water partition coefficient (Wildman–Crippen LogP) is 3.63. The fourth-order valence-electron chi connectivity index (χ4n) is 2.35. The summed E-state index contributed by atoms with van der Waals surface area (Å²) in [5.74, 6) is 0.660. The summed E-state index contributed by atoms with van der Waals surface area (Å²) in [7, 11) is 0. The number of carbonyl (C=O) groups is 1. The number of hydrogen-bond donors (Lipinski definition) is 2. The molecule has 6 heteroatoms. The minimum absolute atomic E-state index is 0.0489. The van der Waals surface area contributed by atoms with Gasteiger partial charge in [-0.15, -0.1) is 10.2 Å². The molecule has 128 valence electrons. The molecule has 0 saturated carbocycles.